The van der Waals surface area contributed by atoms with Crippen molar-refractivity contribution in [2.45, 2.75) is 77.6 Å². The molecule has 116 valence electrons. The smallest absolute Gasteiger partial charge is 0.412 e. The van der Waals surface area contributed by atoms with Gasteiger partial charge in [0.1, 0.15) is 0 Å². The Labute approximate surface area is 122 Å². The molecule has 2 rings (SSSR count). The predicted octanol–water partition coefficient (Wildman–Crippen LogP) is 3.94. The summed E-state index contributed by atoms with van der Waals surface area (Å²) in [7, 11) is 0. The lowest BCUT2D eigenvalue weighted by atomic mass is 9.97. The van der Waals surface area contributed by atoms with Crippen LogP contribution < -0.4 is 0 Å². The highest BCUT2D eigenvalue weighted by atomic mass is 16.7. The fourth-order valence-electron chi connectivity index (χ4n) is 2.96. The van der Waals surface area contributed by atoms with Crippen molar-refractivity contribution in [1.29, 1.82) is 0 Å². The van der Waals surface area contributed by atoms with Crippen molar-refractivity contribution < 1.29 is 14.3 Å². The van der Waals surface area contributed by atoms with Gasteiger partial charge in [-0.25, -0.2) is 4.79 Å². The predicted molar refractivity (Wildman–Crippen MR) is 78.5 cm³/mol. The lowest BCUT2D eigenvalue weighted by molar-refractivity contribution is -0.171. The Hall–Kier alpha value is -0.770. The quantitative estimate of drug-likeness (QED) is 0.734. The number of ether oxygens (including phenoxy) is 2. The second-order valence-corrected chi connectivity index (χ2v) is 6.44. The highest BCUT2D eigenvalue weighted by molar-refractivity contribution is 5.67. The SMILES string of the molecule is CC(C)C(OC(=O)N1CCCCC1)OC1CCCCC1. The third kappa shape index (κ3) is 4.65. The summed E-state index contributed by atoms with van der Waals surface area (Å²) in [6, 6.07) is 0. The molecule has 1 atom stereocenters. The van der Waals surface area contributed by atoms with E-state index in [9.17, 15) is 4.79 Å². The van der Waals surface area contributed by atoms with Crippen LogP contribution in [0.4, 0.5) is 4.79 Å². The highest BCUT2D eigenvalue weighted by Gasteiger charge is 2.27. The van der Waals surface area contributed by atoms with Crippen molar-refractivity contribution in [3.63, 3.8) is 0 Å². The second kappa shape index (κ2) is 7.87. The molecule has 4 nitrogen and oxygen atoms in total. The van der Waals surface area contributed by atoms with Gasteiger partial charge in [0.15, 0.2) is 0 Å². The van der Waals surface area contributed by atoms with Gasteiger partial charge in [-0.2, -0.15) is 0 Å². The van der Waals surface area contributed by atoms with E-state index in [1.165, 1.54) is 25.7 Å². The van der Waals surface area contributed by atoms with Crippen molar-refractivity contribution in [3.05, 3.63) is 0 Å². The van der Waals surface area contributed by atoms with Crippen LogP contribution in [-0.4, -0.2) is 36.5 Å². The van der Waals surface area contributed by atoms with E-state index in [1.807, 2.05) is 4.90 Å². The number of carbonyl (C=O) groups is 1. The molecule has 0 spiro atoms. The third-order valence-electron chi connectivity index (χ3n) is 4.25. The zero-order valence-electron chi connectivity index (χ0n) is 13.0. The minimum atomic E-state index is -0.396. The number of carbonyl (C=O) groups excluding carboxylic acids is 1. The van der Waals surface area contributed by atoms with Crippen LogP contribution in [0.2, 0.25) is 0 Å². The molecule has 1 aliphatic heterocycles. The van der Waals surface area contributed by atoms with Gasteiger partial charge in [-0.05, 0) is 32.1 Å². The van der Waals surface area contributed by atoms with Crippen LogP contribution >= 0.6 is 0 Å². The maximum Gasteiger partial charge on any atom is 0.412 e. The monoisotopic (exact) mass is 283 g/mol. The molecule has 1 aliphatic carbocycles. The van der Waals surface area contributed by atoms with Crippen LogP contribution in [-0.2, 0) is 9.47 Å². The Balaban J connectivity index is 1.82. The Morgan fingerprint density at radius 2 is 1.60 bits per heavy atom. The summed E-state index contributed by atoms with van der Waals surface area (Å²) in [4.78, 5) is 14.0. The highest BCUT2D eigenvalue weighted by Crippen LogP contribution is 2.24. The normalized spacial score (nSPS) is 22.9. The molecule has 4 heteroatoms. The van der Waals surface area contributed by atoms with E-state index in [-0.39, 0.29) is 18.1 Å². The summed E-state index contributed by atoms with van der Waals surface area (Å²) < 4.78 is 11.7. The largest absolute Gasteiger partial charge is 0.419 e. The minimum absolute atomic E-state index is 0.195. The van der Waals surface area contributed by atoms with Crippen molar-refractivity contribution in [2.24, 2.45) is 5.92 Å². The molecule has 0 aromatic heterocycles. The van der Waals surface area contributed by atoms with E-state index in [2.05, 4.69) is 13.8 Å². The van der Waals surface area contributed by atoms with E-state index < -0.39 is 6.29 Å². The molecule has 0 aromatic rings. The number of amides is 1. The number of piperidine rings is 1. The third-order valence-corrected chi connectivity index (χ3v) is 4.25. The standard InChI is InChI=1S/C16H29NO3/c1-13(2)15(19-14-9-5-3-6-10-14)20-16(18)17-11-7-4-8-12-17/h13-15H,3-12H2,1-2H3. The zero-order chi connectivity index (χ0) is 14.4. The van der Waals surface area contributed by atoms with Gasteiger partial charge in [0.05, 0.1) is 6.10 Å². The fraction of sp³-hybridized carbons (Fsp3) is 0.938. The number of rotatable bonds is 4. The summed E-state index contributed by atoms with van der Waals surface area (Å²) in [6.07, 6.45) is 9.04. The van der Waals surface area contributed by atoms with Gasteiger partial charge in [-0.1, -0.05) is 33.1 Å². The zero-order valence-corrected chi connectivity index (χ0v) is 13.0. The summed E-state index contributed by atoms with van der Waals surface area (Å²) in [6.45, 7) is 5.76. The maximum absolute atomic E-state index is 12.2. The summed E-state index contributed by atoms with van der Waals surface area (Å²) >= 11 is 0. The van der Waals surface area contributed by atoms with Crippen LogP contribution in [0.1, 0.15) is 65.2 Å². The topological polar surface area (TPSA) is 38.8 Å². The Morgan fingerprint density at radius 1 is 1.00 bits per heavy atom. The van der Waals surface area contributed by atoms with Crippen molar-refractivity contribution >= 4 is 6.09 Å². The fourth-order valence-corrected chi connectivity index (χ4v) is 2.96. The molecular weight excluding hydrogens is 254 g/mol. The molecule has 0 bridgehead atoms. The van der Waals surface area contributed by atoms with Crippen LogP contribution in [0.25, 0.3) is 0 Å². The number of hydrogen-bond donors (Lipinski definition) is 0. The van der Waals surface area contributed by atoms with E-state index >= 15 is 0 Å². The van der Waals surface area contributed by atoms with Crippen molar-refractivity contribution in [1.82, 2.24) is 4.90 Å². The molecule has 0 aromatic carbocycles. The summed E-state index contributed by atoms with van der Waals surface area (Å²) in [5.41, 5.74) is 0. The Bertz CT molecular complexity index is 294. The molecule has 2 aliphatic rings. The second-order valence-electron chi connectivity index (χ2n) is 6.44. The van der Waals surface area contributed by atoms with Gasteiger partial charge < -0.3 is 14.4 Å². The van der Waals surface area contributed by atoms with E-state index in [1.54, 1.807) is 0 Å². The summed E-state index contributed by atoms with van der Waals surface area (Å²) in [5.74, 6) is 0.200. The first kappa shape index (κ1) is 15.6. The molecule has 1 heterocycles. The van der Waals surface area contributed by atoms with Crippen LogP contribution in [0, 0.1) is 5.92 Å². The number of likely N-dealkylation sites (tertiary alicyclic amines) is 1. The van der Waals surface area contributed by atoms with Gasteiger partial charge in [0.2, 0.25) is 6.29 Å². The average molecular weight is 283 g/mol. The van der Waals surface area contributed by atoms with Gasteiger partial charge >= 0.3 is 6.09 Å². The van der Waals surface area contributed by atoms with Gasteiger partial charge in [0, 0.05) is 19.0 Å². The lowest BCUT2D eigenvalue weighted by Crippen LogP contribution is -2.41. The van der Waals surface area contributed by atoms with Crippen LogP contribution in [0.3, 0.4) is 0 Å². The maximum atomic E-state index is 12.2. The molecule has 1 amide bonds. The van der Waals surface area contributed by atoms with Gasteiger partial charge in [0.25, 0.3) is 0 Å². The van der Waals surface area contributed by atoms with E-state index in [0.29, 0.717) is 0 Å². The van der Waals surface area contributed by atoms with Gasteiger partial charge in [-0.15, -0.1) is 0 Å². The average Bonchev–Trinajstić information content (AvgIpc) is 2.48. The molecule has 0 N–H and O–H groups in total. The number of nitrogens with zero attached hydrogens (tertiary/aromatic N) is 1. The molecule has 0 radical (unpaired) electrons. The Morgan fingerprint density at radius 3 is 2.20 bits per heavy atom. The molecule has 2 fully saturated rings. The Kier molecular flexibility index (Phi) is 6.14. The van der Waals surface area contributed by atoms with Crippen molar-refractivity contribution in [3.8, 4) is 0 Å². The molecular formula is C16H29NO3. The minimum Gasteiger partial charge on any atom is -0.419 e. The first-order valence-corrected chi connectivity index (χ1v) is 8.28. The molecule has 1 unspecified atom stereocenters. The first-order chi connectivity index (χ1) is 9.66. The molecule has 20 heavy (non-hydrogen) atoms. The van der Waals surface area contributed by atoms with E-state index in [4.69, 9.17) is 9.47 Å². The van der Waals surface area contributed by atoms with Crippen LogP contribution in [0.15, 0.2) is 0 Å². The van der Waals surface area contributed by atoms with E-state index in [0.717, 1.165) is 38.8 Å². The molecule has 1 saturated carbocycles. The van der Waals surface area contributed by atoms with Crippen molar-refractivity contribution in [2.75, 3.05) is 13.1 Å². The lowest BCUT2D eigenvalue weighted by Gasteiger charge is -2.32. The van der Waals surface area contributed by atoms with Crippen LogP contribution in [0.5, 0.6) is 0 Å². The first-order valence-electron chi connectivity index (χ1n) is 8.28. The summed E-state index contributed by atoms with van der Waals surface area (Å²) in [5, 5.41) is 0. The van der Waals surface area contributed by atoms with Gasteiger partial charge in [-0.3, -0.25) is 0 Å². The molecule has 1 saturated heterocycles. The number of hydrogen-bond acceptors (Lipinski definition) is 3.